The van der Waals surface area contributed by atoms with E-state index in [9.17, 15) is 9.59 Å². The van der Waals surface area contributed by atoms with Gasteiger partial charge >= 0.3 is 0 Å². The summed E-state index contributed by atoms with van der Waals surface area (Å²) in [5, 5.41) is 6.56. The van der Waals surface area contributed by atoms with Gasteiger partial charge in [-0.05, 0) is 55.0 Å². The summed E-state index contributed by atoms with van der Waals surface area (Å²) in [5.41, 5.74) is 2.48. The fourth-order valence-corrected chi connectivity index (χ4v) is 4.71. The van der Waals surface area contributed by atoms with E-state index in [0.717, 1.165) is 35.0 Å². The van der Waals surface area contributed by atoms with E-state index in [1.807, 2.05) is 31.2 Å². The summed E-state index contributed by atoms with van der Waals surface area (Å²) in [6, 6.07) is 7.49. The molecule has 3 rings (SSSR count). The van der Waals surface area contributed by atoms with Crippen molar-refractivity contribution in [1.82, 2.24) is 0 Å². The molecule has 0 unspecified atom stereocenters. The van der Waals surface area contributed by atoms with Crippen LogP contribution < -0.4 is 10.6 Å². The lowest BCUT2D eigenvalue weighted by molar-refractivity contribution is -0.115. The normalized spacial score (nSPS) is 16.2. The number of amides is 2. The molecular formula is C19H21BrN2O2S. The fourth-order valence-electron chi connectivity index (χ4n) is 3.02. The molecule has 1 aliphatic rings. The van der Waals surface area contributed by atoms with E-state index in [1.165, 1.54) is 4.88 Å². The zero-order valence-corrected chi connectivity index (χ0v) is 16.7. The molecule has 0 fully saturated rings. The van der Waals surface area contributed by atoms with Gasteiger partial charge < -0.3 is 10.6 Å². The van der Waals surface area contributed by atoms with Crippen LogP contribution in [0.3, 0.4) is 0 Å². The van der Waals surface area contributed by atoms with Crippen molar-refractivity contribution in [2.75, 3.05) is 10.6 Å². The molecule has 2 N–H and O–H groups in total. The molecule has 0 spiro atoms. The minimum atomic E-state index is -0.152. The highest BCUT2D eigenvalue weighted by atomic mass is 79.9. The second kappa shape index (κ2) is 7.70. The molecule has 132 valence electrons. The lowest BCUT2D eigenvalue weighted by atomic mass is 9.88. The smallest absolute Gasteiger partial charge is 0.258 e. The first-order chi connectivity index (χ1) is 12.0. The van der Waals surface area contributed by atoms with E-state index >= 15 is 0 Å². The average molecular weight is 421 g/mol. The summed E-state index contributed by atoms with van der Waals surface area (Å²) in [6.45, 7) is 4.04. The minimum absolute atomic E-state index is 0.0654. The Morgan fingerprint density at radius 3 is 2.64 bits per heavy atom. The predicted molar refractivity (Wildman–Crippen MR) is 107 cm³/mol. The Hall–Kier alpha value is -1.66. The molecule has 0 aliphatic heterocycles. The summed E-state index contributed by atoms with van der Waals surface area (Å²) in [5.74, 6) is 0.397. The lowest BCUT2D eigenvalue weighted by Crippen LogP contribution is -2.19. The van der Waals surface area contributed by atoms with Gasteiger partial charge in [0.1, 0.15) is 5.00 Å². The lowest BCUT2D eigenvalue weighted by Gasteiger charge is -2.18. The topological polar surface area (TPSA) is 58.2 Å². The zero-order valence-electron chi connectivity index (χ0n) is 14.3. The highest BCUT2D eigenvalue weighted by Gasteiger charge is 2.28. The van der Waals surface area contributed by atoms with Crippen molar-refractivity contribution in [3.8, 4) is 0 Å². The zero-order chi connectivity index (χ0) is 18.0. The third-order valence-corrected chi connectivity index (χ3v) is 6.11. The standard InChI is InChI=1S/C19H21BrN2O2S/c1-3-16(23)22-19-17(14-9-4-11(2)10-15(14)25-19)18(24)21-13-7-5-12(20)6-8-13/h5-8,11H,3-4,9-10H2,1-2H3,(H,21,24)(H,22,23)/t11-/m1/s1. The SMILES string of the molecule is CCC(=O)Nc1sc2c(c1C(=O)Nc1ccc(Br)cc1)CC[C@@H](C)C2. The maximum atomic E-state index is 12.9. The molecule has 1 aromatic heterocycles. The number of carbonyl (C=O) groups excluding carboxylic acids is 2. The summed E-state index contributed by atoms with van der Waals surface area (Å²) >= 11 is 4.94. The van der Waals surface area contributed by atoms with Crippen LogP contribution in [-0.2, 0) is 17.6 Å². The molecule has 1 aromatic carbocycles. The first kappa shape index (κ1) is 18.1. The largest absolute Gasteiger partial charge is 0.322 e. The monoisotopic (exact) mass is 420 g/mol. The number of thiophene rings is 1. The van der Waals surface area contributed by atoms with Crippen molar-refractivity contribution in [2.45, 2.75) is 39.5 Å². The van der Waals surface area contributed by atoms with Crippen LogP contribution in [0.5, 0.6) is 0 Å². The Labute approximate surface area is 160 Å². The van der Waals surface area contributed by atoms with Gasteiger partial charge in [-0.25, -0.2) is 0 Å². The Kier molecular flexibility index (Phi) is 5.59. The summed E-state index contributed by atoms with van der Waals surface area (Å²) in [4.78, 5) is 26.1. The first-order valence-electron chi connectivity index (χ1n) is 8.49. The molecule has 1 heterocycles. The number of nitrogens with one attached hydrogen (secondary N) is 2. The average Bonchev–Trinajstić information content (AvgIpc) is 2.93. The van der Waals surface area contributed by atoms with Gasteiger partial charge in [-0.1, -0.05) is 29.8 Å². The number of hydrogen-bond acceptors (Lipinski definition) is 3. The number of halogens is 1. The van der Waals surface area contributed by atoms with Crippen LogP contribution in [0.1, 0.15) is 47.5 Å². The molecule has 0 radical (unpaired) electrons. The molecule has 25 heavy (non-hydrogen) atoms. The number of hydrogen-bond donors (Lipinski definition) is 2. The quantitative estimate of drug-likeness (QED) is 0.710. The predicted octanol–water partition coefficient (Wildman–Crippen LogP) is 5.24. The van der Waals surface area contributed by atoms with Gasteiger partial charge in [-0.3, -0.25) is 9.59 Å². The summed E-state index contributed by atoms with van der Waals surface area (Å²) < 4.78 is 0.961. The van der Waals surface area contributed by atoms with Crippen LogP contribution in [0.2, 0.25) is 0 Å². The number of anilines is 2. The molecular weight excluding hydrogens is 400 g/mol. The van der Waals surface area contributed by atoms with E-state index in [-0.39, 0.29) is 11.8 Å². The van der Waals surface area contributed by atoms with E-state index in [0.29, 0.717) is 22.9 Å². The van der Waals surface area contributed by atoms with Gasteiger partial charge in [-0.15, -0.1) is 11.3 Å². The Morgan fingerprint density at radius 2 is 1.96 bits per heavy atom. The number of rotatable bonds is 4. The van der Waals surface area contributed by atoms with E-state index in [2.05, 4.69) is 33.5 Å². The second-order valence-electron chi connectivity index (χ2n) is 6.42. The maximum absolute atomic E-state index is 12.9. The summed E-state index contributed by atoms with van der Waals surface area (Å²) in [7, 11) is 0. The number of benzene rings is 1. The van der Waals surface area contributed by atoms with Crippen molar-refractivity contribution in [2.24, 2.45) is 5.92 Å². The van der Waals surface area contributed by atoms with E-state index in [1.54, 1.807) is 11.3 Å². The number of fused-ring (bicyclic) bond motifs is 1. The Bertz CT molecular complexity index is 799. The maximum Gasteiger partial charge on any atom is 0.258 e. The van der Waals surface area contributed by atoms with Gasteiger partial charge in [0.25, 0.3) is 5.91 Å². The van der Waals surface area contributed by atoms with Crippen molar-refractivity contribution in [3.05, 3.63) is 44.7 Å². The van der Waals surface area contributed by atoms with Crippen molar-refractivity contribution >= 4 is 49.8 Å². The molecule has 1 atom stereocenters. The molecule has 4 nitrogen and oxygen atoms in total. The van der Waals surface area contributed by atoms with Crippen LogP contribution in [-0.4, -0.2) is 11.8 Å². The molecule has 2 amide bonds. The van der Waals surface area contributed by atoms with Crippen molar-refractivity contribution in [3.63, 3.8) is 0 Å². The molecule has 0 saturated carbocycles. The molecule has 0 bridgehead atoms. The fraction of sp³-hybridized carbons (Fsp3) is 0.368. The van der Waals surface area contributed by atoms with E-state index in [4.69, 9.17) is 0 Å². The van der Waals surface area contributed by atoms with Crippen LogP contribution >= 0.6 is 27.3 Å². The molecule has 2 aromatic rings. The van der Waals surface area contributed by atoms with Crippen LogP contribution in [0.25, 0.3) is 0 Å². The van der Waals surface area contributed by atoms with Gasteiger partial charge in [0.05, 0.1) is 5.56 Å². The van der Waals surface area contributed by atoms with Crippen molar-refractivity contribution in [1.29, 1.82) is 0 Å². The first-order valence-corrected chi connectivity index (χ1v) is 10.1. The molecule has 0 saturated heterocycles. The summed E-state index contributed by atoms with van der Waals surface area (Å²) in [6.07, 6.45) is 3.33. The van der Waals surface area contributed by atoms with Crippen molar-refractivity contribution < 1.29 is 9.59 Å². The van der Waals surface area contributed by atoms with Crippen LogP contribution in [0.4, 0.5) is 10.7 Å². The second-order valence-corrected chi connectivity index (χ2v) is 8.44. The Balaban J connectivity index is 1.93. The van der Waals surface area contributed by atoms with Gasteiger partial charge in [0, 0.05) is 21.5 Å². The minimum Gasteiger partial charge on any atom is -0.322 e. The third kappa shape index (κ3) is 4.12. The van der Waals surface area contributed by atoms with E-state index < -0.39 is 0 Å². The number of carbonyl (C=O) groups is 2. The molecule has 1 aliphatic carbocycles. The molecule has 6 heteroatoms. The highest BCUT2D eigenvalue weighted by molar-refractivity contribution is 9.10. The van der Waals surface area contributed by atoms with Crippen LogP contribution in [0.15, 0.2) is 28.7 Å². The Morgan fingerprint density at radius 1 is 1.24 bits per heavy atom. The van der Waals surface area contributed by atoms with Gasteiger partial charge in [0.2, 0.25) is 5.91 Å². The van der Waals surface area contributed by atoms with Gasteiger partial charge in [-0.2, -0.15) is 0 Å². The highest BCUT2D eigenvalue weighted by Crippen LogP contribution is 2.40. The van der Waals surface area contributed by atoms with Gasteiger partial charge in [0.15, 0.2) is 0 Å². The third-order valence-electron chi connectivity index (χ3n) is 4.41. The van der Waals surface area contributed by atoms with Crippen LogP contribution in [0, 0.1) is 5.92 Å².